The number of aliphatic imine (C=N–C) groups is 1. The van der Waals surface area contributed by atoms with Crippen LogP contribution in [0, 0.1) is 0 Å². The molecule has 2 heterocycles. The number of fused-ring (bicyclic) bond motifs is 1. The highest BCUT2D eigenvalue weighted by molar-refractivity contribution is 6.07. The quantitative estimate of drug-likeness (QED) is 0.683. The molecule has 0 amide bonds. The first-order chi connectivity index (χ1) is 6.06. The molecule has 0 radical (unpaired) electrons. The summed E-state index contributed by atoms with van der Waals surface area (Å²) in [6, 6.07) is 0. The van der Waals surface area contributed by atoms with Crippen LogP contribution in [0.4, 0.5) is 5.82 Å². The lowest BCUT2D eigenvalue weighted by Gasteiger charge is -2.12. The second kappa shape index (κ2) is 2.34. The van der Waals surface area contributed by atoms with E-state index in [1.54, 1.807) is 0 Å². The van der Waals surface area contributed by atoms with Crippen molar-refractivity contribution in [1.29, 1.82) is 0 Å². The van der Waals surface area contributed by atoms with Crippen LogP contribution in [0.2, 0.25) is 0 Å². The van der Waals surface area contributed by atoms with Crippen LogP contribution < -0.4 is 5.73 Å². The first-order valence-electron chi connectivity index (χ1n) is 4.49. The summed E-state index contributed by atoms with van der Waals surface area (Å²) in [4.78, 5) is 4.59. The van der Waals surface area contributed by atoms with Crippen molar-refractivity contribution in [2.24, 2.45) is 4.99 Å². The van der Waals surface area contributed by atoms with E-state index >= 15 is 0 Å². The van der Waals surface area contributed by atoms with Gasteiger partial charge in [-0.1, -0.05) is 6.92 Å². The van der Waals surface area contributed by atoms with Gasteiger partial charge in [0.2, 0.25) is 0 Å². The van der Waals surface area contributed by atoms with Crippen LogP contribution >= 0.6 is 0 Å². The van der Waals surface area contributed by atoms with E-state index in [9.17, 15) is 0 Å². The summed E-state index contributed by atoms with van der Waals surface area (Å²) in [6.07, 6.45) is 0.903. The summed E-state index contributed by atoms with van der Waals surface area (Å²) in [7, 11) is 0. The molecule has 0 atom stereocenters. The van der Waals surface area contributed by atoms with Crippen LogP contribution in [0.1, 0.15) is 38.4 Å². The summed E-state index contributed by atoms with van der Waals surface area (Å²) in [6.45, 7) is 6.20. The largest absolute Gasteiger partial charge is 0.382 e. The summed E-state index contributed by atoms with van der Waals surface area (Å²) < 4.78 is 0. The molecule has 1 aromatic heterocycles. The Kier molecular flexibility index (Phi) is 1.49. The molecule has 3 N–H and O–H groups in total. The molecule has 2 rings (SSSR count). The Bertz CT molecular complexity index is 373. The predicted molar refractivity (Wildman–Crippen MR) is 52.9 cm³/mol. The van der Waals surface area contributed by atoms with Crippen LogP contribution in [-0.4, -0.2) is 15.9 Å². The van der Waals surface area contributed by atoms with Crippen molar-refractivity contribution in [3.63, 3.8) is 0 Å². The van der Waals surface area contributed by atoms with E-state index < -0.39 is 0 Å². The van der Waals surface area contributed by atoms with Crippen molar-refractivity contribution in [3.8, 4) is 0 Å². The zero-order valence-electron chi connectivity index (χ0n) is 8.18. The molecule has 1 aliphatic rings. The van der Waals surface area contributed by atoms with E-state index in [0.29, 0.717) is 5.82 Å². The van der Waals surface area contributed by atoms with Gasteiger partial charge in [0.25, 0.3) is 0 Å². The van der Waals surface area contributed by atoms with Crippen LogP contribution in [0.25, 0.3) is 0 Å². The fourth-order valence-corrected chi connectivity index (χ4v) is 1.80. The summed E-state index contributed by atoms with van der Waals surface area (Å²) in [5.41, 5.74) is 8.69. The third-order valence-electron chi connectivity index (χ3n) is 2.44. The Labute approximate surface area is 77.2 Å². The Morgan fingerprint density at radius 3 is 2.77 bits per heavy atom. The topological polar surface area (TPSA) is 67.1 Å². The number of nitrogens with one attached hydrogen (secondary N) is 1. The Morgan fingerprint density at radius 2 is 2.15 bits per heavy atom. The number of nitrogen functional groups attached to an aromatic ring is 1. The SMILES string of the molecule is CCC1=NC(C)(C)c2[nH]nc(N)c21. The molecule has 0 fully saturated rings. The van der Waals surface area contributed by atoms with Gasteiger partial charge in [-0.25, -0.2) is 0 Å². The minimum absolute atomic E-state index is 0.189. The molecule has 4 heteroatoms. The van der Waals surface area contributed by atoms with Gasteiger partial charge in [-0.15, -0.1) is 0 Å². The predicted octanol–water partition coefficient (Wildman–Crippen LogP) is 1.44. The molecule has 13 heavy (non-hydrogen) atoms. The average molecular weight is 178 g/mol. The number of aromatic nitrogens is 2. The number of rotatable bonds is 1. The molecule has 4 nitrogen and oxygen atoms in total. The van der Waals surface area contributed by atoms with Crippen LogP contribution in [0.5, 0.6) is 0 Å². The van der Waals surface area contributed by atoms with Gasteiger partial charge >= 0.3 is 0 Å². The van der Waals surface area contributed by atoms with Gasteiger partial charge in [0.05, 0.1) is 16.8 Å². The maximum atomic E-state index is 5.76. The fourth-order valence-electron chi connectivity index (χ4n) is 1.80. The van der Waals surface area contributed by atoms with Gasteiger partial charge < -0.3 is 5.73 Å². The van der Waals surface area contributed by atoms with E-state index in [-0.39, 0.29) is 5.54 Å². The number of anilines is 1. The molecule has 0 unspecified atom stereocenters. The highest BCUT2D eigenvalue weighted by Gasteiger charge is 2.34. The Hall–Kier alpha value is -1.32. The van der Waals surface area contributed by atoms with Crippen LogP contribution in [0.15, 0.2) is 4.99 Å². The van der Waals surface area contributed by atoms with Gasteiger partial charge in [0.15, 0.2) is 5.82 Å². The van der Waals surface area contributed by atoms with Crippen LogP contribution in [-0.2, 0) is 5.54 Å². The van der Waals surface area contributed by atoms with Crippen molar-refractivity contribution < 1.29 is 0 Å². The van der Waals surface area contributed by atoms with Crippen molar-refractivity contribution in [1.82, 2.24) is 10.2 Å². The lowest BCUT2D eigenvalue weighted by atomic mass is 10.0. The smallest absolute Gasteiger partial charge is 0.154 e. The molecular formula is C9H14N4. The van der Waals surface area contributed by atoms with Gasteiger partial charge in [0.1, 0.15) is 0 Å². The van der Waals surface area contributed by atoms with E-state index in [2.05, 4.69) is 36.0 Å². The number of aromatic amines is 1. The lowest BCUT2D eigenvalue weighted by molar-refractivity contribution is 0.549. The van der Waals surface area contributed by atoms with Gasteiger partial charge in [-0.3, -0.25) is 10.1 Å². The second-order valence-electron chi connectivity index (χ2n) is 3.83. The van der Waals surface area contributed by atoms with Gasteiger partial charge in [0, 0.05) is 5.71 Å². The van der Waals surface area contributed by atoms with E-state index in [0.717, 1.165) is 23.4 Å². The minimum atomic E-state index is -0.189. The highest BCUT2D eigenvalue weighted by Crippen LogP contribution is 2.36. The first kappa shape index (κ1) is 8.29. The molecular weight excluding hydrogens is 164 g/mol. The van der Waals surface area contributed by atoms with E-state index in [4.69, 9.17) is 5.73 Å². The standard InChI is InChI=1S/C9H14N4/c1-4-5-6-7(9(2,3)11-5)12-13-8(6)10/h4H2,1-3H3,(H3,10,12,13). The molecule has 70 valence electrons. The molecule has 0 spiro atoms. The molecule has 0 aromatic carbocycles. The molecule has 0 saturated heterocycles. The fraction of sp³-hybridized carbons (Fsp3) is 0.556. The lowest BCUT2D eigenvalue weighted by Crippen LogP contribution is -2.11. The van der Waals surface area contributed by atoms with Crippen molar-refractivity contribution in [3.05, 3.63) is 11.3 Å². The molecule has 0 bridgehead atoms. The summed E-state index contributed by atoms with van der Waals surface area (Å²) in [5, 5.41) is 6.95. The van der Waals surface area contributed by atoms with E-state index in [1.165, 1.54) is 0 Å². The third-order valence-corrected chi connectivity index (χ3v) is 2.44. The normalized spacial score (nSPS) is 18.5. The van der Waals surface area contributed by atoms with Gasteiger partial charge in [-0.2, -0.15) is 5.10 Å². The zero-order valence-corrected chi connectivity index (χ0v) is 8.18. The van der Waals surface area contributed by atoms with E-state index in [1.807, 2.05) is 0 Å². The van der Waals surface area contributed by atoms with Crippen molar-refractivity contribution >= 4 is 11.5 Å². The maximum absolute atomic E-state index is 5.76. The van der Waals surface area contributed by atoms with Crippen LogP contribution in [0.3, 0.4) is 0 Å². The van der Waals surface area contributed by atoms with Crippen molar-refractivity contribution in [2.75, 3.05) is 5.73 Å². The number of nitrogens with two attached hydrogens (primary N) is 1. The van der Waals surface area contributed by atoms with Gasteiger partial charge in [-0.05, 0) is 20.3 Å². The number of H-pyrrole nitrogens is 1. The number of hydrogen-bond donors (Lipinski definition) is 2. The molecule has 0 aliphatic carbocycles. The minimum Gasteiger partial charge on any atom is -0.382 e. The highest BCUT2D eigenvalue weighted by atomic mass is 15.2. The number of hydrogen-bond acceptors (Lipinski definition) is 3. The van der Waals surface area contributed by atoms with Crippen molar-refractivity contribution in [2.45, 2.75) is 32.7 Å². The Balaban J connectivity index is 2.64. The first-order valence-corrected chi connectivity index (χ1v) is 4.49. The molecule has 0 saturated carbocycles. The second-order valence-corrected chi connectivity index (χ2v) is 3.83. The third kappa shape index (κ3) is 0.978. The zero-order chi connectivity index (χ0) is 9.64. The Morgan fingerprint density at radius 1 is 1.46 bits per heavy atom. The maximum Gasteiger partial charge on any atom is 0.154 e. The molecule has 1 aromatic rings. The summed E-state index contributed by atoms with van der Waals surface area (Å²) in [5.74, 6) is 0.571. The number of nitrogens with zero attached hydrogens (tertiary/aromatic N) is 2. The average Bonchev–Trinajstić information content (AvgIpc) is 2.54. The molecule has 1 aliphatic heterocycles. The summed E-state index contributed by atoms with van der Waals surface area (Å²) >= 11 is 0. The monoisotopic (exact) mass is 178 g/mol.